The number of anilines is 1. The van der Waals surface area contributed by atoms with Gasteiger partial charge in [0.25, 0.3) is 0 Å². The van der Waals surface area contributed by atoms with Gasteiger partial charge in [0.1, 0.15) is 5.25 Å². The van der Waals surface area contributed by atoms with Crippen molar-refractivity contribution in [3.8, 4) is 0 Å². The molecule has 0 heterocycles. The number of rotatable bonds is 16. The molecule has 2 rings (SSSR count). The minimum atomic E-state index is -1.28. The first kappa shape index (κ1) is 29.7. The summed E-state index contributed by atoms with van der Waals surface area (Å²) < 4.78 is 5.19. The van der Waals surface area contributed by atoms with Crippen LogP contribution in [0.2, 0.25) is 0 Å². The van der Waals surface area contributed by atoms with E-state index in [1.807, 2.05) is 18.2 Å². The summed E-state index contributed by atoms with van der Waals surface area (Å²) >= 11 is 1.70. The van der Waals surface area contributed by atoms with Crippen LogP contribution in [0.4, 0.5) is 5.69 Å². The Kier molecular flexibility index (Phi) is 13.2. The molecule has 2 atom stereocenters. The average molecular weight is 502 g/mol. The fraction of sp³-hybridized carbons (Fsp3) is 0.633. The number of methoxy groups -OCH3 is 1. The number of nitrogens with one attached hydrogen (secondary N) is 1. The maximum atomic E-state index is 13.4. The first-order valence-electron chi connectivity index (χ1n) is 13.5. The van der Waals surface area contributed by atoms with E-state index in [-0.39, 0.29) is 11.2 Å². The molecule has 1 aromatic rings. The molecule has 1 aromatic carbocycles. The zero-order chi connectivity index (χ0) is 25.7. The SMILES string of the molecule is CCCCCCCCCCCCSC(C(=O)Nc1cc(C)cc(C)c1C)C1=CCC(O)(OC)C=C1. The summed E-state index contributed by atoms with van der Waals surface area (Å²) in [5, 5.41) is 13.2. The molecule has 1 aliphatic rings. The van der Waals surface area contributed by atoms with Crippen LogP contribution in [0.25, 0.3) is 0 Å². The van der Waals surface area contributed by atoms with E-state index in [4.69, 9.17) is 4.74 Å². The number of carbonyl (C=O) groups excluding carboxylic acids is 1. The van der Waals surface area contributed by atoms with E-state index < -0.39 is 5.79 Å². The highest BCUT2D eigenvalue weighted by atomic mass is 32.2. The first-order chi connectivity index (χ1) is 16.8. The van der Waals surface area contributed by atoms with Crippen LogP contribution in [0.15, 0.2) is 35.9 Å². The van der Waals surface area contributed by atoms with E-state index >= 15 is 0 Å². The molecule has 35 heavy (non-hydrogen) atoms. The highest BCUT2D eigenvalue weighted by molar-refractivity contribution is 8.00. The van der Waals surface area contributed by atoms with Crippen molar-refractivity contribution >= 4 is 23.4 Å². The summed E-state index contributed by atoms with van der Waals surface area (Å²) in [6.07, 6.45) is 18.8. The summed E-state index contributed by atoms with van der Waals surface area (Å²) in [5.74, 6) is -0.343. The van der Waals surface area contributed by atoms with E-state index in [9.17, 15) is 9.90 Å². The van der Waals surface area contributed by atoms with E-state index in [0.29, 0.717) is 6.42 Å². The molecule has 5 heteroatoms. The highest BCUT2D eigenvalue weighted by Crippen LogP contribution is 2.31. The molecule has 0 bridgehead atoms. The molecular formula is C30H47NO3S. The van der Waals surface area contributed by atoms with Gasteiger partial charge in [0, 0.05) is 19.2 Å². The molecule has 2 unspecified atom stereocenters. The molecule has 1 amide bonds. The summed E-state index contributed by atoms with van der Waals surface area (Å²) in [6, 6.07) is 4.18. The number of hydrogen-bond donors (Lipinski definition) is 2. The van der Waals surface area contributed by atoms with E-state index in [1.54, 1.807) is 17.8 Å². The fourth-order valence-electron chi connectivity index (χ4n) is 4.45. The minimum Gasteiger partial charge on any atom is -0.362 e. The zero-order valence-corrected chi connectivity index (χ0v) is 23.4. The lowest BCUT2D eigenvalue weighted by Crippen LogP contribution is -2.32. The van der Waals surface area contributed by atoms with Gasteiger partial charge in [-0.15, -0.1) is 11.8 Å². The van der Waals surface area contributed by atoms with E-state index in [1.165, 1.54) is 70.5 Å². The van der Waals surface area contributed by atoms with Crippen molar-refractivity contribution < 1.29 is 14.6 Å². The number of aliphatic hydroxyl groups is 1. The molecular weight excluding hydrogens is 454 g/mol. The van der Waals surface area contributed by atoms with Crippen LogP contribution in [-0.4, -0.2) is 34.9 Å². The maximum Gasteiger partial charge on any atom is 0.241 e. The maximum absolute atomic E-state index is 13.4. The van der Waals surface area contributed by atoms with Crippen molar-refractivity contribution in [2.45, 2.75) is 109 Å². The third kappa shape index (κ3) is 10.1. The number of thioether (sulfide) groups is 1. The van der Waals surface area contributed by atoms with Crippen LogP contribution in [0.1, 0.15) is 94.2 Å². The number of carbonyl (C=O) groups is 1. The van der Waals surface area contributed by atoms with Crippen molar-refractivity contribution in [2.75, 3.05) is 18.2 Å². The van der Waals surface area contributed by atoms with Gasteiger partial charge in [-0.25, -0.2) is 0 Å². The Balaban J connectivity index is 1.91. The largest absolute Gasteiger partial charge is 0.362 e. The lowest BCUT2D eigenvalue weighted by atomic mass is 9.99. The Morgan fingerprint density at radius 2 is 1.69 bits per heavy atom. The van der Waals surface area contributed by atoms with Crippen LogP contribution < -0.4 is 5.32 Å². The third-order valence-corrected chi connectivity index (χ3v) is 8.26. The predicted octanol–water partition coefficient (Wildman–Crippen LogP) is 7.79. The number of benzene rings is 1. The van der Waals surface area contributed by atoms with Crippen molar-refractivity contribution in [1.82, 2.24) is 0 Å². The number of amides is 1. The van der Waals surface area contributed by atoms with Gasteiger partial charge in [0.05, 0.1) is 0 Å². The van der Waals surface area contributed by atoms with Gasteiger partial charge in [-0.05, 0) is 67.4 Å². The quantitative estimate of drug-likeness (QED) is 0.179. The molecule has 196 valence electrons. The number of hydrogen-bond acceptors (Lipinski definition) is 4. The lowest BCUT2D eigenvalue weighted by molar-refractivity contribution is -0.143. The van der Waals surface area contributed by atoms with Gasteiger partial charge >= 0.3 is 0 Å². The van der Waals surface area contributed by atoms with Crippen molar-refractivity contribution in [1.29, 1.82) is 0 Å². The van der Waals surface area contributed by atoms with Crippen LogP contribution in [0, 0.1) is 20.8 Å². The topological polar surface area (TPSA) is 58.6 Å². The molecule has 0 aliphatic heterocycles. The van der Waals surface area contributed by atoms with Crippen LogP contribution >= 0.6 is 11.8 Å². The number of ether oxygens (including phenoxy) is 1. The molecule has 0 radical (unpaired) electrons. The lowest BCUT2D eigenvalue weighted by Gasteiger charge is -2.27. The molecule has 0 saturated carbocycles. The van der Waals surface area contributed by atoms with Gasteiger partial charge in [-0.2, -0.15) is 0 Å². The standard InChI is InChI=1S/C30H47NO3S/c1-6-7-8-9-10-11-12-13-14-15-20-35-28(26-16-18-30(33,34-5)19-17-26)29(32)31-27-22-23(2)21-24(3)25(27)4/h16-18,21-22,28,33H,6-15,19-20H2,1-5H3,(H,31,32). The summed E-state index contributed by atoms with van der Waals surface area (Å²) in [5.41, 5.74) is 5.23. The van der Waals surface area contributed by atoms with Crippen LogP contribution in [0.5, 0.6) is 0 Å². The van der Waals surface area contributed by atoms with Crippen molar-refractivity contribution in [3.63, 3.8) is 0 Å². The Morgan fingerprint density at radius 1 is 1.06 bits per heavy atom. The molecule has 4 nitrogen and oxygen atoms in total. The van der Waals surface area contributed by atoms with Gasteiger partial charge < -0.3 is 15.2 Å². The van der Waals surface area contributed by atoms with Crippen molar-refractivity contribution in [3.05, 3.63) is 52.6 Å². The molecule has 2 N–H and O–H groups in total. The van der Waals surface area contributed by atoms with E-state index in [2.05, 4.69) is 39.1 Å². The van der Waals surface area contributed by atoms with Crippen LogP contribution in [0.3, 0.4) is 0 Å². The Labute approximate surface area is 218 Å². The summed E-state index contributed by atoms with van der Waals surface area (Å²) in [6.45, 7) is 8.44. The smallest absolute Gasteiger partial charge is 0.241 e. The van der Waals surface area contributed by atoms with Gasteiger partial charge in [0.15, 0.2) is 5.79 Å². The predicted molar refractivity (Wildman–Crippen MR) is 151 cm³/mol. The molecule has 0 aromatic heterocycles. The summed E-state index contributed by atoms with van der Waals surface area (Å²) in [4.78, 5) is 13.4. The Hall–Kier alpha value is -1.56. The first-order valence-corrected chi connectivity index (χ1v) is 14.5. The van der Waals surface area contributed by atoms with Gasteiger partial charge in [-0.1, -0.05) is 82.9 Å². The number of unbranched alkanes of at least 4 members (excludes halogenated alkanes) is 9. The van der Waals surface area contributed by atoms with Gasteiger partial charge in [0.2, 0.25) is 5.91 Å². The number of allylic oxidation sites excluding steroid dienone is 1. The third-order valence-electron chi connectivity index (χ3n) is 6.91. The van der Waals surface area contributed by atoms with Gasteiger partial charge in [-0.3, -0.25) is 4.79 Å². The second-order valence-corrected chi connectivity index (χ2v) is 11.2. The second-order valence-electron chi connectivity index (χ2n) is 9.97. The monoisotopic (exact) mass is 501 g/mol. The Bertz CT molecular complexity index is 863. The fourth-order valence-corrected chi connectivity index (χ4v) is 5.64. The minimum absolute atomic E-state index is 0.00561. The van der Waals surface area contributed by atoms with Crippen molar-refractivity contribution in [2.24, 2.45) is 0 Å². The van der Waals surface area contributed by atoms with Crippen LogP contribution in [-0.2, 0) is 9.53 Å². The van der Waals surface area contributed by atoms with E-state index in [0.717, 1.165) is 34.6 Å². The second kappa shape index (κ2) is 15.5. The average Bonchev–Trinajstić information content (AvgIpc) is 2.84. The molecule has 0 spiro atoms. The number of aryl methyl sites for hydroxylation is 2. The zero-order valence-electron chi connectivity index (χ0n) is 22.6. The molecule has 0 fully saturated rings. The highest BCUT2D eigenvalue weighted by Gasteiger charge is 2.29. The Morgan fingerprint density at radius 3 is 2.26 bits per heavy atom. The molecule has 1 aliphatic carbocycles. The normalized spacial score (nSPS) is 18.4. The summed E-state index contributed by atoms with van der Waals surface area (Å²) in [7, 11) is 1.50. The molecule has 0 saturated heterocycles.